The van der Waals surface area contributed by atoms with Gasteiger partial charge in [0.25, 0.3) is 0 Å². The summed E-state index contributed by atoms with van der Waals surface area (Å²) in [5, 5.41) is 20.4. The zero-order chi connectivity index (χ0) is 12.9. The summed E-state index contributed by atoms with van der Waals surface area (Å²) in [5.74, 6) is 0.778. The van der Waals surface area contributed by atoms with Gasteiger partial charge in [-0.1, -0.05) is 26.0 Å². The van der Waals surface area contributed by atoms with Gasteiger partial charge in [-0.2, -0.15) is 0 Å². The molecule has 3 heteroatoms. The van der Waals surface area contributed by atoms with Crippen LogP contribution in [0.4, 0.5) is 0 Å². The summed E-state index contributed by atoms with van der Waals surface area (Å²) in [6, 6.07) is 7.22. The lowest BCUT2D eigenvalue weighted by Gasteiger charge is -2.31. The quantitative estimate of drug-likeness (QED) is 0.801. The number of rotatable bonds is 6. The fourth-order valence-electron chi connectivity index (χ4n) is 1.86. The van der Waals surface area contributed by atoms with E-state index < -0.39 is 11.7 Å². The maximum Gasteiger partial charge on any atom is 0.119 e. The maximum atomic E-state index is 10.2. The van der Waals surface area contributed by atoms with Gasteiger partial charge in [0.15, 0.2) is 0 Å². The minimum absolute atomic E-state index is 0.526. The molecule has 0 aliphatic rings. The topological polar surface area (TPSA) is 49.7 Å². The lowest BCUT2D eigenvalue weighted by Crippen LogP contribution is -2.34. The Kier molecular flexibility index (Phi) is 4.97. The second kappa shape index (κ2) is 6.03. The lowest BCUT2D eigenvalue weighted by molar-refractivity contribution is -0.0820. The highest BCUT2D eigenvalue weighted by Gasteiger charge is 2.32. The first-order valence-electron chi connectivity index (χ1n) is 6.20. The summed E-state index contributed by atoms with van der Waals surface area (Å²) in [7, 11) is 0. The zero-order valence-corrected chi connectivity index (χ0v) is 10.8. The second-order valence-electron chi connectivity index (χ2n) is 4.22. The van der Waals surface area contributed by atoms with Crippen LogP contribution in [-0.2, 0) is 0 Å². The first kappa shape index (κ1) is 14.0. The molecule has 17 heavy (non-hydrogen) atoms. The van der Waals surface area contributed by atoms with Crippen molar-refractivity contribution < 1.29 is 14.9 Å². The Morgan fingerprint density at radius 1 is 1.12 bits per heavy atom. The van der Waals surface area contributed by atoms with E-state index in [4.69, 9.17) is 4.74 Å². The molecular weight excluding hydrogens is 216 g/mol. The van der Waals surface area contributed by atoms with Crippen LogP contribution in [0.15, 0.2) is 24.3 Å². The number of aliphatic hydroxyl groups is 2. The van der Waals surface area contributed by atoms with Gasteiger partial charge >= 0.3 is 0 Å². The van der Waals surface area contributed by atoms with E-state index in [9.17, 15) is 10.2 Å². The number of benzene rings is 1. The predicted molar refractivity (Wildman–Crippen MR) is 68.1 cm³/mol. The van der Waals surface area contributed by atoms with Crippen LogP contribution in [0.25, 0.3) is 0 Å². The highest BCUT2D eigenvalue weighted by atomic mass is 16.5. The number of hydrogen-bond donors (Lipinski definition) is 2. The van der Waals surface area contributed by atoms with E-state index in [1.165, 1.54) is 0 Å². The van der Waals surface area contributed by atoms with Crippen LogP contribution in [0.1, 0.15) is 45.3 Å². The molecule has 0 heterocycles. The van der Waals surface area contributed by atoms with Gasteiger partial charge in [0, 0.05) is 0 Å². The molecule has 0 saturated heterocycles. The molecule has 96 valence electrons. The molecule has 0 bridgehead atoms. The van der Waals surface area contributed by atoms with Gasteiger partial charge in [-0.3, -0.25) is 0 Å². The summed E-state index contributed by atoms with van der Waals surface area (Å²) in [6.45, 7) is 6.30. The summed E-state index contributed by atoms with van der Waals surface area (Å²) >= 11 is 0. The van der Waals surface area contributed by atoms with Crippen molar-refractivity contribution in [2.45, 2.75) is 45.3 Å². The van der Waals surface area contributed by atoms with Crippen LogP contribution < -0.4 is 4.74 Å². The SMILES string of the molecule is CCOc1ccc(C(O)C(O)(CC)CC)cc1. The molecular formula is C14H22O3. The lowest BCUT2D eigenvalue weighted by atomic mass is 9.86. The molecule has 1 aromatic carbocycles. The highest BCUT2D eigenvalue weighted by molar-refractivity contribution is 5.29. The Labute approximate surface area is 103 Å². The molecule has 2 N–H and O–H groups in total. The summed E-state index contributed by atoms with van der Waals surface area (Å²) < 4.78 is 5.33. The molecule has 0 amide bonds. The molecule has 1 unspecified atom stereocenters. The molecule has 1 rings (SSSR count). The number of ether oxygens (including phenoxy) is 1. The minimum Gasteiger partial charge on any atom is -0.494 e. The van der Waals surface area contributed by atoms with Crippen molar-refractivity contribution in [2.24, 2.45) is 0 Å². The van der Waals surface area contributed by atoms with E-state index in [0.29, 0.717) is 19.4 Å². The van der Waals surface area contributed by atoms with Gasteiger partial charge in [0.1, 0.15) is 11.9 Å². The van der Waals surface area contributed by atoms with E-state index in [1.807, 2.05) is 32.9 Å². The third-order valence-corrected chi connectivity index (χ3v) is 3.24. The average molecular weight is 238 g/mol. The van der Waals surface area contributed by atoms with Crippen molar-refractivity contribution in [1.82, 2.24) is 0 Å². The minimum atomic E-state index is -1.05. The standard InChI is InChI=1S/C14H22O3/c1-4-14(16,5-2)13(15)11-7-9-12(10-8-11)17-6-3/h7-10,13,15-16H,4-6H2,1-3H3. The van der Waals surface area contributed by atoms with Crippen molar-refractivity contribution in [3.63, 3.8) is 0 Å². The molecule has 1 aromatic rings. The van der Waals surface area contributed by atoms with Crippen LogP contribution in [-0.4, -0.2) is 22.4 Å². The van der Waals surface area contributed by atoms with Crippen molar-refractivity contribution in [3.05, 3.63) is 29.8 Å². The Morgan fingerprint density at radius 3 is 2.06 bits per heavy atom. The van der Waals surface area contributed by atoms with Gasteiger partial charge in [-0.15, -0.1) is 0 Å². The Bertz CT molecular complexity index is 328. The van der Waals surface area contributed by atoms with E-state index >= 15 is 0 Å². The number of hydrogen-bond acceptors (Lipinski definition) is 3. The van der Waals surface area contributed by atoms with Crippen molar-refractivity contribution in [3.8, 4) is 5.75 Å². The number of aliphatic hydroxyl groups excluding tert-OH is 1. The summed E-state index contributed by atoms with van der Waals surface area (Å²) in [6.07, 6.45) is 0.198. The molecule has 0 radical (unpaired) electrons. The highest BCUT2D eigenvalue weighted by Crippen LogP contribution is 2.32. The Balaban J connectivity index is 2.85. The summed E-state index contributed by atoms with van der Waals surface area (Å²) in [5.41, 5.74) is -0.327. The van der Waals surface area contributed by atoms with Crippen LogP contribution >= 0.6 is 0 Å². The monoisotopic (exact) mass is 238 g/mol. The molecule has 0 aliphatic heterocycles. The van der Waals surface area contributed by atoms with Gasteiger partial charge < -0.3 is 14.9 Å². The molecule has 0 saturated carbocycles. The molecule has 0 aliphatic carbocycles. The molecule has 0 fully saturated rings. The van der Waals surface area contributed by atoms with E-state index in [-0.39, 0.29) is 0 Å². The second-order valence-corrected chi connectivity index (χ2v) is 4.22. The third kappa shape index (κ3) is 3.20. The van der Waals surface area contributed by atoms with Crippen molar-refractivity contribution in [1.29, 1.82) is 0 Å². The van der Waals surface area contributed by atoms with Gasteiger partial charge in [-0.25, -0.2) is 0 Å². The zero-order valence-electron chi connectivity index (χ0n) is 10.8. The summed E-state index contributed by atoms with van der Waals surface area (Å²) in [4.78, 5) is 0. The van der Waals surface area contributed by atoms with Crippen LogP contribution in [0, 0.1) is 0 Å². The van der Waals surface area contributed by atoms with Gasteiger partial charge in [-0.05, 0) is 37.5 Å². The third-order valence-electron chi connectivity index (χ3n) is 3.24. The van der Waals surface area contributed by atoms with E-state index in [2.05, 4.69) is 0 Å². The maximum absolute atomic E-state index is 10.2. The fraction of sp³-hybridized carbons (Fsp3) is 0.571. The van der Waals surface area contributed by atoms with Crippen LogP contribution in [0.3, 0.4) is 0 Å². The Hall–Kier alpha value is -1.06. The average Bonchev–Trinajstić information content (AvgIpc) is 2.38. The van der Waals surface area contributed by atoms with Crippen LogP contribution in [0.5, 0.6) is 5.75 Å². The van der Waals surface area contributed by atoms with Gasteiger partial charge in [0.2, 0.25) is 0 Å². The van der Waals surface area contributed by atoms with Crippen LogP contribution in [0.2, 0.25) is 0 Å². The van der Waals surface area contributed by atoms with Crippen molar-refractivity contribution in [2.75, 3.05) is 6.61 Å². The van der Waals surface area contributed by atoms with E-state index in [0.717, 1.165) is 11.3 Å². The predicted octanol–water partition coefficient (Wildman–Crippen LogP) is 2.67. The molecule has 0 spiro atoms. The molecule has 0 aromatic heterocycles. The Morgan fingerprint density at radius 2 is 1.65 bits per heavy atom. The molecule has 3 nitrogen and oxygen atoms in total. The smallest absolute Gasteiger partial charge is 0.119 e. The van der Waals surface area contributed by atoms with Gasteiger partial charge in [0.05, 0.1) is 12.2 Å². The largest absolute Gasteiger partial charge is 0.494 e. The first-order chi connectivity index (χ1) is 8.07. The fourth-order valence-corrected chi connectivity index (χ4v) is 1.86. The van der Waals surface area contributed by atoms with Crippen molar-refractivity contribution >= 4 is 0 Å². The molecule has 1 atom stereocenters. The normalized spacial score (nSPS) is 13.5. The van der Waals surface area contributed by atoms with E-state index in [1.54, 1.807) is 12.1 Å². The first-order valence-corrected chi connectivity index (χ1v) is 6.20.